The standard InChI is InChI=1S/C21H20F3N5O3/c1-11-5-12(8-25)9-27-17(11)18(30)28-13-3-4-16(22)15(6-13)21(19(23)24)7-14(10-31-2)32-20(26)29-21/h3-6,9,14,19H,7,10H2,1-2H3,(H2,26,29)(H,28,30)/t14-,21-/m0/s1. The molecule has 0 aliphatic carbocycles. The van der Waals surface area contributed by atoms with Crippen molar-refractivity contribution in [1.82, 2.24) is 4.98 Å². The Morgan fingerprint density at radius 3 is 2.84 bits per heavy atom. The third-order valence-corrected chi connectivity index (χ3v) is 4.96. The van der Waals surface area contributed by atoms with Gasteiger partial charge in [-0.15, -0.1) is 0 Å². The average Bonchev–Trinajstić information content (AvgIpc) is 2.74. The third kappa shape index (κ3) is 4.50. The van der Waals surface area contributed by atoms with Crippen LogP contribution in [-0.2, 0) is 15.0 Å². The first-order chi connectivity index (χ1) is 15.2. The quantitative estimate of drug-likeness (QED) is 0.702. The van der Waals surface area contributed by atoms with Gasteiger partial charge in [-0.05, 0) is 36.8 Å². The number of ether oxygens (including phenoxy) is 2. The number of carbonyl (C=O) groups is 1. The number of nitrogens with zero attached hydrogens (tertiary/aromatic N) is 3. The Balaban J connectivity index is 1.98. The normalized spacial score (nSPS) is 20.3. The van der Waals surface area contributed by atoms with Crippen LogP contribution >= 0.6 is 0 Å². The highest BCUT2D eigenvalue weighted by Crippen LogP contribution is 2.42. The number of aromatic nitrogens is 1. The Labute approximate surface area is 181 Å². The molecule has 1 aliphatic heterocycles. The van der Waals surface area contributed by atoms with E-state index in [0.29, 0.717) is 5.56 Å². The number of amides is 1. The van der Waals surface area contributed by atoms with Crippen LogP contribution in [0.4, 0.5) is 18.9 Å². The molecule has 1 aliphatic rings. The summed E-state index contributed by atoms with van der Waals surface area (Å²) in [4.78, 5) is 20.3. The van der Waals surface area contributed by atoms with Crippen molar-refractivity contribution in [2.75, 3.05) is 19.0 Å². The number of hydrogen-bond acceptors (Lipinski definition) is 7. The number of aryl methyl sites for hydroxylation is 1. The second-order valence-electron chi connectivity index (χ2n) is 7.22. The highest BCUT2D eigenvalue weighted by atomic mass is 19.3. The zero-order valence-corrected chi connectivity index (χ0v) is 17.2. The molecule has 1 amide bonds. The fourth-order valence-corrected chi connectivity index (χ4v) is 3.53. The largest absolute Gasteiger partial charge is 0.460 e. The molecule has 3 rings (SSSR count). The van der Waals surface area contributed by atoms with E-state index in [4.69, 9.17) is 20.5 Å². The summed E-state index contributed by atoms with van der Waals surface area (Å²) in [7, 11) is 1.37. The van der Waals surface area contributed by atoms with E-state index in [1.807, 2.05) is 6.07 Å². The summed E-state index contributed by atoms with van der Waals surface area (Å²) in [6, 6.07) is 6.17. The molecule has 0 saturated heterocycles. The molecule has 2 atom stereocenters. The first-order valence-corrected chi connectivity index (χ1v) is 9.47. The SMILES string of the molecule is COC[C@@H]1C[C@](c2cc(NC(=O)c3ncc(C#N)cc3C)ccc2F)(C(F)F)N=C(N)O1. The van der Waals surface area contributed by atoms with Crippen molar-refractivity contribution >= 4 is 17.6 Å². The molecule has 2 aromatic rings. The summed E-state index contributed by atoms with van der Waals surface area (Å²) in [5, 5.41) is 11.4. The van der Waals surface area contributed by atoms with Crippen LogP contribution in [0.2, 0.25) is 0 Å². The zero-order chi connectivity index (χ0) is 23.5. The maximum atomic E-state index is 14.7. The summed E-state index contributed by atoms with van der Waals surface area (Å²) in [5.41, 5.74) is 3.66. The highest BCUT2D eigenvalue weighted by Gasteiger charge is 2.49. The number of benzene rings is 1. The van der Waals surface area contributed by atoms with Crippen molar-refractivity contribution in [3.63, 3.8) is 0 Å². The van der Waals surface area contributed by atoms with E-state index >= 15 is 0 Å². The van der Waals surface area contributed by atoms with E-state index in [-0.39, 0.29) is 30.0 Å². The number of pyridine rings is 1. The van der Waals surface area contributed by atoms with Crippen LogP contribution in [-0.4, -0.2) is 43.2 Å². The number of alkyl halides is 2. The minimum absolute atomic E-state index is 0.0342. The van der Waals surface area contributed by atoms with Gasteiger partial charge in [0.2, 0.25) is 0 Å². The van der Waals surface area contributed by atoms with Gasteiger partial charge in [0.1, 0.15) is 23.7 Å². The molecule has 0 radical (unpaired) electrons. The molecule has 0 bridgehead atoms. The van der Waals surface area contributed by atoms with E-state index in [9.17, 15) is 18.0 Å². The number of hydrogen-bond donors (Lipinski definition) is 2. The van der Waals surface area contributed by atoms with Crippen LogP contribution < -0.4 is 11.1 Å². The summed E-state index contributed by atoms with van der Waals surface area (Å²) in [5.74, 6) is -1.59. The number of carbonyl (C=O) groups excluding carboxylic acids is 1. The summed E-state index contributed by atoms with van der Waals surface area (Å²) in [6.07, 6.45) is -3.13. The first kappa shape index (κ1) is 23.0. The monoisotopic (exact) mass is 447 g/mol. The van der Waals surface area contributed by atoms with Crippen molar-refractivity contribution in [3.05, 3.63) is 58.7 Å². The summed E-state index contributed by atoms with van der Waals surface area (Å²) in [6.45, 7) is 1.55. The fourth-order valence-electron chi connectivity index (χ4n) is 3.53. The molecule has 0 fully saturated rings. The highest BCUT2D eigenvalue weighted by molar-refractivity contribution is 6.03. The Kier molecular flexibility index (Phi) is 6.64. The topological polar surface area (TPSA) is 123 Å². The van der Waals surface area contributed by atoms with Gasteiger partial charge in [0, 0.05) is 31.0 Å². The van der Waals surface area contributed by atoms with Crippen LogP contribution in [0.1, 0.15) is 33.6 Å². The number of nitrogens with two attached hydrogens (primary N) is 1. The van der Waals surface area contributed by atoms with E-state index in [0.717, 1.165) is 12.1 Å². The molecule has 1 aromatic heterocycles. The lowest BCUT2D eigenvalue weighted by molar-refractivity contribution is -0.0214. The predicted molar refractivity (Wildman–Crippen MR) is 109 cm³/mol. The molecule has 0 saturated carbocycles. The van der Waals surface area contributed by atoms with Crippen molar-refractivity contribution < 1.29 is 27.4 Å². The summed E-state index contributed by atoms with van der Waals surface area (Å²) < 4.78 is 53.4. The molecule has 1 aromatic carbocycles. The van der Waals surface area contributed by atoms with Gasteiger partial charge >= 0.3 is 0 Å². The van der Waals surface area contributed by atoms with Gasteiger partial charge in [0.05, 0.1) is 12.2 Å². The molecule has 2 heterocycles. The predicted octanol–water partition coefficient (Wildman–Crippen LogP) is 2.86. The van der Waals surface area contributed by atoms with Gasteiger partial charge < -0.3 is 20.5 Å². The van der Waals surface area contributed by atoms with E-state index in [1.54, 1.807) is 6.92 Å². The van der Waals surface area contributed by atoms with Crippen molar-refractivity contribution in [2.45, 2.75) is 31.4 Å². The van der Waals surface area contributed by atoms with Crippen LogP contribution in [0, 0.1) is 24.1 Å². The number of nitrogens with one attached hydrogen (secondary N) is 1. The molecule has 32 heavy (non-hydrogen) atoms. The smallest absolute Gasteiger partial charge is 0.283 e. The Morgan fingerprint density at radius 2 is 2.22 bits per heavy atom. The maximum Gasteiger partial charge on any atom is 0.283 e. The minimum Gasteiger partial charge on any atom is -0.460 e. The van der Waals surface area contributed by atoms with Crippen molar-refractivity contribution in [1.29, 1.82) is 5.26 Å². The van der Waals surface area contributed by atoms with Gasteiger partial charge in [-0.1, -0.05) is 0 Å². The molecule has 0 spiro atoms. The lowest BCUT2D eigenvalue weighted by atomic mass is 9.84. The second kappa shape index (κ2) is 9.23. The van der Waals surface area contributed by atoms with E-state index in [1.165, 1.54) is 25.4 Å². The number of amidine groups is 1. The van der Waals surface area contributed by atoms with E-state index in [2.05, 4.69) is 15.3 Å². The second-order valence-corrected chi connectivity index (χ2v) is 7.22. The van der Waals surface area contributed by atoms with Crippen LogP contribution in [0.15, 0.2) is 35.5 Å². The molecule has 0 unspecified atom stereocenters. The molecule has 3 N–H and O–H groups in total. The van der Waals surface area contributed by atoms with Gasteiger partial charge in [-0.3, -0.25) is 4.79 Å². The molecule has 11 heteroatoms. The molecule has 8 nitrogen and oxygen atoms in total. The third-order valence-electron chi connectivity index (χ3n) is 4.96. The summed E-state index contributed by atoms with van der Waals surface area (Å²) >= 11 is 0. The average molecular weight is 447 g/mol. The Hall–Kier alpha value is -3.65. The fraction of sp³-hybridized carbons (Fsp3) is 0.333. The number of halogens is 3. The lowest BCUT2D eigenvalue weighted by Gasteiger charge is -2.37. The first-order valence-electron chi connectivity index (χ1n) is 9.47. The van der Waals surface area contributed by atoms with Crippen LogP contribution in [0.5, 0.6) is 0 Å². The number of aliphatic imine (C=N–C) groups is 1. The minimum atomic E-state index is -3.12. The molecule has 168 valence electrons. The maximum absolute atomic E-state index is 14.7. The lowest BCUT2D eigenvalue weighted by Crippen LogP contribution is -2.46. The van der Waals surface area contributed by atoms with E-state index < -0.39 is 41.4 Å². The Bertz CT molecular complexity index is 1100. The van der Waals surface area contributed by atoms with Crippen molar-refractivity contribution in [2.24, 2.45) is 10.7 Å². The number of methoxy groups -OCH3 is 1. The van der Waals surface area contributed by atoms with Gasteiger partial charge in [0.25, 0.3) is 18.4 Å². The number of nitriles is 1. The molecular weight excluding hydrogens is 427 g/mol. The van der Waals surface area contributed by atoms with Crippen molar-refractivity contribution in [3.8, 4) is 6.07 Å². The number of anilines is 1. The van der Waals surface area contributed by atoms with Gasteiger partial charge in [-0.25, -0.2) is 23.1 Å². The number of rotatable bonds is 6. The molecular formula is C21H20F3N5O3. The van der Waals surface area contributed by atoms with Gasteiger partial charge in [0.15, 0.2) is 5.54 Å². The van der Waals surface area contributed by atoms with Crippen LogP contribution in [0.3, 0.4) is 0 Å². The Morgan fingerprint density at radius 1 is 1.47 bits per heavy atom. The van der Waals surface area contributed by atoms with Gasteiger partial charge in [-0.2, -0.15) is 5.26 Å². The zero-order valence-electron chi connectivity index (χ0n) is 17.2. The van der Waals surface area contributed by atoms with Crippen LogP contribution in [0.25, 0.3) is 0 Å².